The summed E-state index contributed by atoms with van der Waals surface area (Å²) in [6, 6.07) is 15.0. The molecule has 8 heteroatoms. The third kappa shape index (κ3) is 3.37. The standard InChI is InChI=1S/C18H14N4O2S2/c23-16(19-10-11-5-2-1-3-6-11)14-9-12-15(21-22-18(12)26-14)20-17(24)13-7-4-8-25-13/h1-9H,10H2,(H,19,23)(H2,20,21,22,24). The van der Waals surface area contributed by atoms with Crippen molar-refractivity contribution >= 4 is 50.5 Å². The lowest BCUT2D eigenvalue weighted by atomic mass is 10.2. The molecule has 0 fully saturated rings. The Bertz CT molecular complexity index is 1050. The minimum Gasteiger partial charge on any atom is -0.347 e. The van der Waals surface area contributed by atoms with Crippen LogP contribution in [-0.2, 0) is 6.54 Å². The van der Waals surface area contributed by atoms with Crippen LogP contribution in [0.25, 0.3) is 10.2 Å². The molecule has 0 atom stereocenters. The Labute approximate surface area is 156 Å². The Kier molecular flexibility index (Phi) is 4.51. The molecule has 0 bridgehead atoms. The molecule has 4 aromatic rings. The second kappa shape index (κ2) is 7.11. The molecule has 2 amide bonds. The smallest absolute Gasteiger partial charge is 0.266 e. The van der Waals surface area contributed by atoms with E-state index in [1.54, 1.807) is 12.1 Å². The first kappa shape index (κ1) is 16.5. The number of carbonyl (C=O) groups is 2. The fourth-order valence-corrected chi connectivity index (χ4v) is 4.00. The van der Waals surface area contributed by atoms with Gasteiger partial charge in [0.2, 0.25) is 0 Å². The van der Waals surface area contributed by atoms with E-state index in [1.165, 1.54) is 22.7 Å². The van der Waals surface area contributed by atoms with Crippen LogP contribution in [0.2, 0.25) is 0 Å². The van der Waals surface area contributed by atoms with Gasteiger partial charge in [0.1, 0.15) is 4.83 Å². The van der Waals surface area contributed by atoms with Crippen molar-refractivity contribution in [3.05, 3.63) is 69.2 Å². The lowest BCUT2D eigenvalue weighted by molar-refractivity contribution is 0.0954. The Morgan fingerprint density at radius 1 is 1.04 bits per heavy atom. The van der Waals surface area contributed by atoms with Gasteiger partial charge in [0.25, 0.3) is 11.8 Å². The van der Waals surface area contributed by atoms with Crippen LogP contribution < -0.4 is 10.6 Å². The second-order valence-electron chi connectivity index (χ2n) is 5.53. The van der Waals surface area contributed by atoms with Crippen molar-refractivity contribution in [1.29, 1.82) is 0 Å². The van der Waals surface area contributed by atoms with Crippen LogP contribution in [0.5, 0.6) is 0 Å². The van der Waals surface area contributed by atoms with E-state index in [-0.39, 0.29) is 11.8 Å². The van der Waals surface area contributed by atoms with Crippen molar-refractivity contribution in [2.24, 2.45) is 0 Å². The average Bonchev–Trinajstić information content (AvgIpc) is 3.39. The van der Waals surface area contributed by atoms with Gasteiger partial charge >= 0.3 is 0 Å². The minimum atomic E-state index is -0.213. The van der Waals surface area contributed by atoms with Gasteiger partial charge in [-0.3, -0.25) is 14.7 Å². The summed E-state index contributed by atoms with van der Waals surface area (Å²) in [5, 5.41) is 15.2. The molecule has 3 N–H and O–H groups in total. The maximum atomic E-state index is 12.4. The zero-order valence-electron chi connectivity index (χ0n) is 13.5. The van der Waals surface area contributed by atoms with Crippen LogP contribution in [0.3, 0.4) is 0 Å². The van der Waals surface area contributed by atoms with Crippen LogP contribution in [0.4, 0.5) is 5.82 Å². The molecule has 0 saturated heterocycles. The summed E-state index contributed by atoms with van der Waals surface area (Å²) >= 11 is 2.67. The molecule has 0 saturated carbocycles. The fraction of sp³-hybridized carbons (Fsp3) is 0.0556. The number of benzene rings is 1. The number of hydrogen-bond acceptors (Lipinski definition) is 5. The molecule has 0 aliphatic rings. The zero-order chi connectivity index (χ0) is 17.9. The number of aromatic nitrogens is 2. The highest BCUT2D eigenvalue weighted by Gasteiger charge is 2.17. The van der Waals surface area contributed by atoms with Crippen LogP contribution >= 0.6 is 22.7 Å². The highest BCUT2D eigenvalue weighted by molar-refractivity contribution is 7.20. The van der Waals surface area contributed by atoms with E-state index in [1.807, 2.05) is 41.8 Å². The molecule has 4 rings (SSSR count). The van der Waals surface area contributed by atoms with Gasteiger partial charge in [-0.15, -0.1) is 22.7 Å². The Morgan fingerprint density at radius 3 is 2.65 bits per heavy atom. The van der Waals surface area contributed by atoms with E-state index >= 15 is 0 Å². The Morgan fingerprint density at radius 2 is 1.88 bits per heavy atom. The highest BCUT2D eigenvalue weighted by Crippen LogP contribution is 2.29. The molecule has 3 aromatic heterocycles. The van der Waals surface area contributed by atoms with Gasteiger partial charge in [-0.1, -0.05) is 36.4 Å². The molecule has 0 spiro atoms. The molecular weight excluding hydrogens is 368 g/mol. The Hall–Kier alpha value is -2.97. The number of nitrogens with one attached hydrogen (secondary N) is 3. The first-order chi connectivity index (χ1) is 12.7. The summed E-state index contributed by atoms with van der Waals surface area (Å²) in [5.74, 6) is 0.0606. The second-order valence-corrected chi connectivity index (χ2v) is 7.53. The molecule has 0 unspecified atom stereocenters. The number of H-pyrrole nitrogens is 1. The van der Waals surface area contributed by atoms with Crippen molar-refractivity contribution in [3.63, 3.8) is 0 Å². The summed E-state index contributed by atoms with van der Waals surface area (Å²) in [6.45, 7) is 0.464. The quantitative estimate of drug-likeness (QED) is 0.490. The number of carbonyl (C=O) groups excluding carboxylic acids is 2. The fourth-order valence-electron chi connectivity index (χ4n) is 2.47. The van der Waals surface area contributed by atoms with Crippen LogP contribution in [-0.4, -0.2) is 22.0 Å². The van der Waals surface area contributed by atoms with Crippen molar-refractivity contribution in [3.8, 4) is 0 Å². The van der Waals surface area contributed by atoms with Gasteiger partial charge in [0.15, 0.2) is 5.82 Å². The molecule has 130 valence electrons. The maximum absolute atomic E-state index is 12.4. The molecule has 0 radical (unpaired) electrons. The van der Waals surface area contributed by atoms with Gasteiger partial charge in [-0.25, -0.2) is 0 Å². The summed E-state index contributed by atoms with van der Waals surface area (Å²) in [7, 11) is 0. The number of aromatic amines is 1. The molecule has 3 heterocycles. The number of anilines is 1. The van der Waals surface area contributed by atoms with Crippen molar-refractivity contribution in [2.75, 3.05) is 5.32 Å². The summed E-state index contributed by atoms with van der Waals surface area (Å²) in [5.41, 5.74) is 1.04. The zero-order valence-corrected chi connectivity index (χ0v) is 15.1. The lowest BCUT2D eigenvalue weighted by Crippen LogP contribution is -2.21. The lowest BCUT2D eigenvalue weighted by Gasteiger charge is -2.03. The molecule has 6 nitrogen and oxygen atoms in total. The number of thiophene rings is 2. The topological polar surface area (TPSA) is 86.9 Å². The van der Waals surface area contributed by atoms with Crippen LogP contribution in [0.1, 0.15) is 24.9 Å². The van der Waals surface area contributed by atoms with E-state index in [0.717, 1.165) is 15.8 Å². The number of fused-ring (bicyclic) bond motifs is 1. The van der Waals surface area contributed by atoms with E-state index in [4.69, 9.17) is 0 Å². The van der Waals surface area contributed by atoms with Crippen molar-refractivity contribution in [2.45, 2.75) is 6.54 Å². The highest BCUT2D eigenvalue weighted by atomic mass is 32.1. The minimum absolute atomic E-state index is 0.154. The predicted molar refractivity (Wildman–Crippen MR) is 104 cm³/mol. The third-order valence-electron chi connectivity index (χ3n) is 3.75. The first-order valence-electron chi connectivity index (χ1n) is 7.85. The monoisotopic (exact) mass is 382 g/mol. The van der Waals surface area contributed by atoms with Gasteiger partial charge in [-0.05, 0) is 23.1 Å². The maximum Gasteiger partial charge on any atom is 0.266 e. The largest absolute Gasteiger partial charge is 0.347 e. The SMILES string of the molecule is O=C(Nc1n[nH]c2sc(C(=O)NCc3ccccc3)cc12)c1cccs1. The average molecular weight is 382 g/mol. The number of amides is 2. The van der Waals surface area contributed by atoms with Gasteiger partial charge < -0.3 is 10.6 Å². The molecular formula is C18H14N4O2S2. The predicted octanol–water partition coefficient (Wildman–Crippen LogP) is 3.87. The Balaban J connectivity index is 1.48. The molecule has 0 aliphatic carbocycles. The molecule has 1 aromatic carbocycles. The van der Waals surface area contributed by atoms with Gasteiger partial charge in [-0.2, -0.15) is 5.10 Å². The van der Waals surface area contributed by atoms with E-state index in [0.29, 0.717) is 22.1 Å². The number of nitrogens with zero attached hydrogens (tertiary/aromatic N) is 1. The molecule has 0 aliphatic heterocycles. The van der Waals surface area contributed by atoms with E-state index < -0.39 is 0 Å². The van der Waals surface area contributed by atoms with Crippen LogP contribution in [0.15, 0.2) is 53.9 Å². The first-order valence-corrected chi connectivity index (χ1v) is 9.55. The normalized spacial score (nSPS) is 10.8. The van der Waals surface area contributed by atoms with E-state index in [9.17, 15) is 9.59 Å². The summed E-state index contributed by atoms with van der Waals surface area (Å²) in [6.07, 6.45) is 0. The van der Waals surface area contributed by atoms with E-state index in [2.05, 4.69) is 20.8 Å². The third-order valence-corrected chi connectivity index (χ3v) is 5.66. The van der Waals surface area contributed by atoms with Crippen molar-refractivity contribution in [1.82, 2.24) is 15.5 Å². The molecule has 26 heavy (non-hydrogen) atoms. The number of hydrogen-bond donors (Lipinski definition) is 3. The van der Waals surface area contributed by atoms with Crippen molar-refractivity contribution < 1.29 is 9.59 Å². The van der Waals surface area contributed by atoms with Crippen LogP contribution in [0, 0.1) is 0 Å². The van der Waals surface area contributed by atoms with Gasteiger partial charge in [0.05, 0.1) is 15.1 Å². The summed E-state index contributed by atoms with van der Waals surface area (Å²) < 4.78 is 0. The number of rotatable bonds is 5. The van der Waals surface area contributed by atoms with Gasteiger partial charge in [0, 0.05) is 6.54 Å². The summed E-state index contributed by atoms with van der Waals surface area (Å²) in [4.78, 5) is 26.5.